The largest absolute Gasteiger partial charge is 0.477 e. The molecule has 0 aliphatic carbocycles. The van der Waals surface area contributed by atoms with Crippen LogP contribution in [0.1, 0.15) is 5.56 Å². The Hall–Kier alpha value is -2.48. The van der Waals surface area contributed by atoms with Crippen molar-refractivity contribution < 1.29 is 9.90 Å². The Labute approximate surface area is 101 Å². The first-order chi connectivity index (χ1) is 8.08. The topological polar surface area (TPSA) is 110 Å². The number of rotatable bonds is 3. The smallest absolute Gasteiger partial charge is 0.346 e. The first kappa shape index (κ1) is 12.6. The molecular formula is C10H5ClN4O2. The Morgan fingerprint density at radius 2 is 2.35 bits per heavy atom. The number of hydrogen-bond donors (Lipinski definition) is 1. The predicted octanol–water partition coefficient (Wildman–Crippen LogP) is 3.27. The molecule has 0 unspecified atom stereocenters. The minimum Gasteiger partial charge on any atom is -0.477 e. The molecule has 0 spiro atoms. The molecule has 0 radical (unpaired) electrons. The van der Waals surface area contributed by atoms with Crippen molar-refractivity contribution in [1.82, 2.24) is 0 Å². The molecule has 0 aromatic heterocycles. The Morgan fingerprint density at radius 3 is 2.82 bits per heavy atom. The van der Waals surface area contributed by atoms with Crippen LogP contribution >= 0.6 is 11.6 Å². The number of azide groups is 1. The second-order valence-electron chi connectivity index (χ2n) is 2.87. The lowest BCUT2D eigenvalue weighted by Crippen LogP contribution is -1.97. The van der Waals surface area contributed by atoms with Gasteiger partial charge in [0, 0.05) is 15.6 Å². The number of carboxylic acids is 1. The van der Waals surface area contributed by atoms with Crippen molar-refractivity contribution in [1.29, 1.82) is 5.26 Å². The average molecular weight is 249 g/mol. The molecule has 1 aromatic rings. The lowest BCUT2D eigenvalue weighted by Gasteiger charge is -1.99. The molecule has 17 heavy (non-hydrogen) atoms. The second-order valence-corrected chi connectivity index (χ2v) is 3.28. The van der Waals surface area contributed by atoms with E-state index in [-0.39, 0.29) is 5.02 Å². The van der Waals surface area contributed by atoms with Crippen LogP contribution in [0.2, 0.25) is 5.02 Å². The van der Waals surface area contributed by atoms with Gasteiger partial charge in [-0.2, -0.15) is 5.26 Å². The molecular weight excluding hydrogens is 244 g/mol. The molecule has 0 heterocycles. The first-order valence-electron chi connectivity index (χ1n) is 4.28. The van der Waals surface area contributed by atoms with Crippen LogP contribution in [0, 0.1) is 11.3 Å². The molecule has 1 N–H and O–H groups in total. The van der Waals surface area contributed by atoms with Crippen molar-refractivity contribution in [2.24, 2.45) is 5.11 Å². The van der Waals surface area contributed by atoms with Crippen molar-refractivity contribution >= 4 is 29.3 Å². The number of hydrogen-bond acceptors (Lipinski definition) is 3. The minimum absolute atomic E-state index is 0.198. The number of benzene rings is 1. The van der Waals surface area contributed by atoms with E-state index >= 15 is 0 Å². The zero-order valence-electron chi connectivity index (χ0n) is 8.33. The highest BCUT2D eigenvalue weighted by Crippen LogP contribution is 2.24. The van der Waals surface area contributed by atoms with E-state index in [4.69, 9.17) is 27.5 Å². The summed E-state index contributed by atoms with van der Waals surface area (Å²) >= 11 is 5.84. The molecule has 1 aromatic carbocycles. The van der Waals surface area contributed by atoms with Gasteiger partial charge in [0.2, 0.25) is 0 Å². The van der Waals surface area contributed by atoms with Crippen LogP contribution in [-0.4, -0.2) is 11.1 Å². The summed E-state index contributed by atoms with van der Waals surface area (Å²) in [5.41, 5.74) is 8.46. The van der Waals surface area contributed by atoms with Crippen LogP contribution < -0.4 is 0 Å². The van der Waals surface area contributed by atoms with Gasteiger partial charge < -0.3 is 5.11 Å². The summed E-state index contributed by atoms with van der Waals surface area (Å²) in [4.78, 5) is 13.2. The van der Waals surface area contributed by atoms with Crippen LogP contribution in [0.4, 0.5) is 5.69 Å². The maximum atomic E-state index is 10.6. The van der Waals surface area contributed by atoms with Crippen LogP contribution in [0.25, 0.3) is 16.5 Å². The van der Waals surface area contributed by atoms with E-state index in [0.29, 0.717) is 11.3 Å². The summed E-state index contributed by atoms with van der Waals surface area (Å²) in [6.45, 7) is 0. The maximum Gasteiger partial charge on any atom is 0.346 e. The fourth-order valence-corrected chi connectivity index (χ4v) is 1.27. The van der Waals surface area contributed by atoms with E-state index in [2.05, 4.69) is 10.0 Å². The minimum atomic E-state index is -1.33. The van der Waals surface area contributed by atoms with Gasteiger partial charge in [0.25, 0.3) is 0 Å². The molecule has 1 rings (SSSR count). The third-order valence-electron chi connectivity index (χ3n) is 1.79. The summed E-state index contributed by atoms with van der Waals surface area (Å²) in [5, 5.41) is 20.8. The number of carbonyl (C=O) groups is 1. The van der Waals surface area contributed by atoms with E-state index in [0.717, 1.165) is 6.08 Å². The van der Waals surface area contributed by atoms with Crippen LogP contribution in [0.15, 0.2) is 28.9 Å². The summed E-state index contributed by atoms with van der Waals surface area (Å²) in [6, 6.07) is 5.85. The molecule has 0 amide bonds. The Balaban J connectivity index is 3.22. The molecule has 0 aliphatic rings. The Morgan fingerprint density at radius 1 is 1.65 bits per heavy atom. The van der Waals surface area contributed by atoms with Crippen molar-refractivity contribution in [3.05, 3.63) is 44.8 Å². The molecule has 0 fully saturated rings. The summed E-state index contributed by atoms with van der Waals surface area (Å²) in [5.74, 6) is -1.33. The quantitative estimate of drug-likeness (QED) is 0.291. The molecule has 6 nitrogen and oxygen atoms in total. The van der Waals surface area contributed by atoms with Crippen molar-refractivity contribution in [3.63, 3.8) is 0 Å². The Kier molecular flexibility index (Phi) is 4.12. The molecule has 84 valence electrons. The van der Waals surface area contributed by atoms with Crippen LogP contribution in [0.5, 0.6) is 0 Å². The van der Waals surface area contributed by atoms with Gasteiger partial charge >= 0.3 is 5.97 Å². The number of halogens is 1. The average Bonchev–Trinajstić information content (AvgIpc) is 2.28. The van der Waals surface area contributed by atoms with Crippen molar-refractivity contribution in [2.75, 3.05) is 0 Å². The maximum absolute atomic E-state index is 10.6. The van der Waals surface area contributed by atoms with E-state index < -0.39 is 11.5 Å². The van der Waals surface area contributed by atoms with Gasteiger partial charge in [0.15, 0.2) is 0 Å². The molecule has 0 saturated heterocycles. The number of carboxylic acid groups (broad SMARTS) is 1. The summed E-state index contributed by atoms with van der Waals surface area (Å²) < 4.78 is 0. The Bertz CT molecular complexity index is 582. The van der Waals surface area contributed by atoms with Crippen LogP contribution in [0.3, 0.4) is 0 Å². The third kappa shape index (κ3) is 3.24. The van der Waals surface area contributed by atoms with Gasteiger partial charge in [0.1, 0.15) is 11.6 Å². The number of nitriles is 1. The van der Waals surface area contributed by atoms with Gasteiger partial charge in [-0.05, 0) is 23.2 Å². The van der Waals surface area contributed by atoms with Crippen molar-refractivity contribution in [3.8, 4) is 6.07 Å². The van der Waals surface area contributed by atoms with E-state index in [1.54, 1.807) is 0 Å². The number of aliphatic carboxylic acids is 1. The van der Waals surface area contributed by atoms with E-state index in [1.807, 2.05) is 0 Å². The highest BCUT2D eigenvalue weighted by atomic mass is 35.5. The summed E-state index contributed by atoms with van der Waals surface area (Å²) in [7, 11) is 0. The first-order valence-corrected chi connectivity index (χ1v) is 4.66. The highest BCUT2D eigenvalue weighted by molar-refractivity contribution is 6.32. The van der Waals surface area contributed by atoms with Crippen LogP contribution in [-0.2, 0) is 4.79 Å². The molecule has 0 aliphatic heterocycles. The number of nitrogens with zero attached hydrogens (tertiary/aromatic N) is 4. The second kappa shape index (κ2) is 5.56. The van der Waals surface area contributed by atoms with Gasteiger partial charge in [0.05, 0.1) is 0 Å². The van der Waals surface area contributed by atoms with E-state index in [1.165, 1.54) is 24.3 Å². The van der Waals surface area contributed by atoms with Gasteiger partial charge in [-0.3, -0.25) is 0 Å². The standard InChI is InChI=1S/C10H5ClN4O2/c11-9-4-8(14-15-13)2-1-6(9)3-7(5-12)10(16)17/h1-4H,(H,16,17)/b7-3+. The fraction of sp³-hybridized carbons (Fsp3) is 0. The third-order valence-corrected chi connectivity index (χ3v) is 2.12. The molecule has 0 atom stereocenters. The zero-order chi connectivity index (χ0) is 12.8. The summed E-state index contributed by atoms with van der Waals surface area (Å²) in [6.07, 6.45) is 1.14. The normalized spacial score (nSPS) is 10.2. The van der Waals surface area contributed by atoms with Gasteiger partial charge in [-0.15, -0.1) is 0 Å². The SMILES string of the molecule is N#C/C(=C\c1ccc(N=[N+]=[N-])cc1Cl)C(=O)O. The lowest BCUT2D eigenvalue weighted by atomic mass is 10.1. The van der Waals surface area contributed by atoms with Crippen molar-refractivity contribution in [2.45, 2.75) is 0 Å². The monoisotopic (exact) mass is 248 g/mol. The molecule has 7 heteroatoms. The predicted molar refractivity (Wildman–Crippen MR) is 61.5 cm³/mol. The lowest BCUT2D eigenvalue weighted by molar-refractivity contribution is -0.132. The highest BCUT2D eigenvalue weighted by Gasteiger charge is 2.07. The van der Waals surface area contributed by atoms with E-state index in [9.17, 15) is 4.79 Å². The fourth-order valence-electron chi connectivity index (χ4n) is 1.04. The van der Waals surface area contributed by atoms with Gasteiger partial charge in [-0.1, -0.05) is 28.8 Å². The molecule has 0 bridgehead atoms. The molecule has 0 saturated carbocycles. The van der Waals surface area contributed by atoms with Gasteiger partial charge in [-0.25, -0.2) is 4.79 Å². The zero-order valence-corrected chi connectivity index (χ0v) is 9.09.